The third-order valence-electron chi connectivity index (χ3n) is 6.91. The Morgan fingerprint density at radius 2 is 0.667 bits per heavy atom. The van der Waals surface area contributed by atoms with Crippen molar-refractivity contribution in [2.24, 2.45) is 0 Å². The van der Waals surface area contributed by atoms with Crippen LogP contribution < -0.4 is 55.6 Å². The molecule has 0 aromatic heterocycles. The van der Waals surface area contributed by atoms with Crippen LogP contribution in [0, 0.1) is 10.2 Å². The molecule has 0 bridgehead atoms. The van der Waals surface area contributed by atoms with Crippen molar-refractivity contribution in [1.29, 1.82) is 0 Å². The molecule has 6 aromatic carbocycles. The number of halogens is 1. The largest absolute Gasteiger partial charge is 1.00 e. The zero-order chi connectivity index (χ0) is 33.5. The quantitative estimate of drug-likeness (QED) is 0.138. The molecule has 0 aliphatic carbocycles. The average Bonchev–Trinajstić information content (AvgIpc) is 3.09. The van der Waals surface area contributed by atoms with E-state index in [-0.39, 0.29) is 28.1 Å². The fraction of sp³-hybridized carbons (Fsp3) is 0.0256. The van der Waals surface area contributed by atoms with Gasteiger partial charge in [0.25, 0.3) is 0 Å². The van der Waals surface area contributed by atoms with Gasteiger partial charge >= 0.3 is 22.4 Å². The molecule has 0 saturated heterocycles. The van der Waals surface area contributed by atoms with E-state index in [1.165, 1.54) is 31.8 Å². The molecule has 0 spiro atoms. The van der Waals surface area contributed by atoms with Crippen molar-refractivity contribution in [1.82, 2.24) is 0 Å². The fourth-order valence-electron chi connectivity index (χ4n) is 5.11. The molecule has 6 aromatic rings. The topological polar surface area (TPSA) is 115 Å². The van der Waals surface area contributed by atoms with Crippen LogP contribution in [0.3, 0.4) is 0 Å². The fourth-order valence-corrected chi connectivity index (χ4v) is 11.2. The van der Waals surface area contributed by atoms with Crippen LogP contribution in [-0.4, -0.2) is 0 Å². The Morgan fingerprint density at radius 3 is 0.875 bits per heavy atom. The number of hydrogen-bond donors (Lipinski definition) is 0. The third kappa shape index (κ3) is 11.6. The van der Waals surface area contributed by atoms with Crippen molar-refractivity contribution in [3.63, 3.8) is 0 Å². The zero-order valence-corrected chi connectivity index (χ0v) is 30.7. The van der Waals surface area contributed by atoms with Crippen molar-refractivity contribution in [2.45, 2.75) is 6.92 Å². The molecule has 0 radical (unpaired) electrons. The van der Waals surface area contributed by atoms with Gasteiger partial charge < -0.3 is 5.11 Å². The standard InChI is InChI=1S/C21H19OP.C18H15P.Au.ClHO4/c1-18(22)17-23(19-11-5-2-6-12-19,20-13-7-3-8-14-20)21-15-9-4-10-16-21;1-4-10-16(11-5-1)19(17-12-6-2-7-13-17)18-14-8-3-9-15-18;;2-1(3,4)5/h2-17H,1H3;1-15H;;(H,2,3,4,5)/q;;+1;/p-1/b18-17+;;;. The molecule has 0 unspecified atom stereocenters. The Labute approximate surface area is 302 Å². The maximum Gasteiger partial charge on any atom is 1.00 e. The molecule has 0 amide bonds. The summed E-state index contributed by atoms with van der Waals surface area (Å²) in [5.74, 6) is 2.04. The molecule has 0 saturated carbocycles. The molecule has 6 rings (SSSR count). The summed E-state index contributed by atoms with van der Waals surface area (Å²) in [6.07, 6.45) is 0. The summed E-state index contributed by atoms with van der Waals surface area (Å²) >= 11 is 0. The molecule has 0 atom stereocenters. The Bertz CT molecular complexity index is 1580. The number of benzene rings is 6. The van der Waals surface area contributed by atoms with Crippen LogP contribution >= 0.6 is 15.2 Å². The van der Waals surface area contributed by atoms with E-state index >= 15 is 0 Å². The van der Waals surface area contributed by atoms with E-state index in [0.29, 0.717) is 0 Å². The first-order valence-electron chi connectivity index (χ1n) is 14.7. The average molecular weight is 877 g/mol. The first-order valence-corrected chi connectivity index (χ1v) is 19.1. The van der Waals surface area contributed by atoms with Gasteiger partial charge in [-0.1, -0.05) is 158 Å². The second-order valence-corrected chi connectivity index (χ2v) is 16.4. The monoisotopic (exact) mass is 876 g/mol. The Morgan fingerprint density at radius 1 is 0.458 bits per heavy atom. The van der Waals surface area contributed by atoms with Crippen molar-refractivity contribution >= 4 is 47.0 Å². The molecule has 0 aliphatic rings. The van der Waals surface area contributed by atoms with Crippen molar-refractivity contribution < 1.29 is 56.4 Å². The summed E-state index contributed by atoms with van der Waals surface area (Å²) in [4.78, 5) is 0. The normalized spacial score (nSPS) is 11.2. The Hall–Kier alpha value is -3.41. The molecule has 0 N–H and O–H groups in total. The predicted molar refractivity (Wildman–Crippen MR) is 184 cm³/mol. The first-order chi connectivity index (χ1) is 22.7. The molecule has 0 fully saturated rings. The predicted octanol–water partition coefficient (Wildman–Crippen LogP) is 1.89. The van der Waals surface area contributed by atoms with Gasteiger partial charge in [0.15, 0.2) is 0 Å². The van der Waals surface area contributed by atoms with E-state index in [2.05, 4.69) is 127 Å². The van der Waals surface area contributed by atoms with E-state index in [1.54, 1.807) is 6.92 Å². The smallest absolute Gasteiger partial charge is 0.873 e. The summed E-state index contributed by atoms with van der Waals surface area (Å²) in [6, 6.07) is 63.4. The molecule has 248 valence electrons. The molecular weight excluding hydrogens is 843 g/mol. The van der Waals surface area contributed by atoms with Gasteiger partial charge in [-0.15, -0.1) is 10.2 Å². The van der Waals surface area contributed by atoms with Crippen LogP contribution in [0.15, 0.2) is 194 Å². The van der Waals surface area contributed by atoms with E-state index < -0.39 is 25.4 Å². The summed E-state index contributed by atoms with van der Waals surface area (Å²) < 4.78 is 34.0. The number of hydrogen-bond acceptors (Lipinski definition) is 5. The van der Waals surface area contributed by atoms with Crippen LogP contribution in [0.1, 0.15) is 6.92 Å². The second-order valence-electron chi connectivity index (χ2n) is 10.2. The summed E-state index contributed by atoms with van der Waals surface area (Å²) in [7, 11) is -7.47. The zero-order valence-electron chi connectivity index (χ0n) is 26.0. The van der Waals surface area contributed by atoms with Crippen molar-refractivity contribution in [3.8, 4) is 0 Å². The van der Waals surface area contributed by atoms with Crippen molar-refractivity contribution in [3.05, 3.63) is 194 Å². The van der Waals surface area contributed by atoms with Crippen LogP contribution in [0.4, 0.5) is 0 Å². The van der Waals surface area contributed by atoms with Gasteiger partial charge in [-0.2, -0.15) is 0 Å². The molecular formula is C39H34AuClO5P2. The van der Waals surface area contributed by atoms with E-state index in [4.69, 9.17) is 18.6 Å². The van der Waals surface area contributed by atoms with Crippen LogP contribution in [0.2, 0.25) is 0 Å². The minimum absolute atomic E-state index is 0. The van der Waals surface area contributed by atoms with Gasteiger partial charge in [0, 0.05) is 0 Å². The van der Waals surface area contributed by atoms with Crippen LogP contribution in [0.25, 0.3) is 0 Å². The number of rotatable bonds is 7. The summed E-state index contributed by atoms with van der Waals surface area (Å²) in [5, 5.41) is 20.0. The molecule has 9 heteroatoms. The second kappa shape index (κ2) is 19.6. The maximum atomic E-state index is 12.2. The van der Waals surface area contributed by atoms with Gasteiger partial charge in [0.2, 0.25) is 0 Å². The van der Waals surface area contributed by atoms with E-state index in [9.17, 15) is 5.11 Å². The Kier molecular flexibility index (Phi) is 15.9. The van der Waals surface area contributed by atoms with Gasteiger partial charge in [-0.05, 0) is 60.2 Å². The van der Waals surface area contributed by atoms with Crippen LogP contribution in [-0.2, 0) is 22.4 Å². The minimum atomic E-state index is -4.94. The van der Waals surface area contributed by atoms with Gasteiger partial charge in [0.1, 0.15) is 23.2 Å². The maximum absolute atomic E-state index is 12.2. The van der Waals surface area contributed by atoms with Crippen LogP contribution in [0.5, 0.6) is 0 Å². The molecule has 0 aliphatic heterocycles. The van der Waals surface area contributed by atoms with Gasteiger partial charge in [-0.3, -0.25) is 0 Å². The summed E-state index contributed by atoms with van der Waals surface area (Å²) in [5.41, 5.74) is 0. The SMILES string of the molecule is C/C([O-])=C\[P+](c1ccccc1)(c1ccccc1)c1ccccc1.[Au+].[O-][Cl+3]([O-])([O-])[O-].c1ccc(P(c2ccccc2)c2ccccc2)cc1. The third-order valence-corrected chi connectivity index (χ3v) is 13.4. The van der Waals surface area contributed by atoms with Gasteiger partial charge in [0.05, 0.1) is 5.82 Å². The van der Waals surface area contributed by atoms with Gasteiger partial charge in [-0.25, -0.2) is 18.6 Å². The Balaban J connectivity index is 0.000000227. The molecule has 48 heavy (non-hydrogen) atoms. The summed E-state index contributed by atoms with van der Waals surface area (Å²) in [6.45, 7) is 1.64. The van der Waals surface area contributed by atoms with E-state index in [1.807, 2.05) is 60.4 Å². The van der Waals surface area contributed by atoms with Crippen molar-refractivity contribution in [2.75, 3.05) is 0 Å². The number of allylic oxidation sites excluding steroid dienone is 1. The molecule has 0 heterocycles. The molecule has 5 nitrogen and oxygen atoms in total. The van der Waals surface area contributed by atoms with E-state index in [0.717, 1.165) is 0 Å². The minimum Gasteiger partial charge on any atom is -0.873 e. The first kappa shape index (κ1) is 39.0.